The van der Waals surface area contributed by atoms with Crippen molar-refractivity contribution < 1.29 is 0 Å². The summed E-state index contributed by atoms with van der Waals surface area (Å²) >= 11 is 7.46. The van der Waals surface area contributed by atoms with Crippen molar-refractivity contribution in [3.05, 3.63) is 23.5 Å². The fourth-order valence-electron chi connectivity index (χ4n) is 1.64. The highest BCUT2D eigenvalue weighted by atomic mass is 35.5. The minimum absolute atomic E-state index is 0.265. The van der Waals surface area contributed by atoms with Gasteiger partial charge in [0.05, 0.1) is 6.04 Å². The number of halogens is 1. The molecule has 90 valence electrons. The molecule has 1 saturated heterocycles. The van der Waals surface area contributed by atoms with Gasteiger partial charge in [-0.25, -0.2) is 9.29 Å². The summed E-state index contributed by atoms with van der Waals surface area (Å²) in [6.45, 7) is 4.77. The van der Waals surface area contributed by atoms with Crippen LogP contribution in [-0.4, -0.2) is 35.0 Å². The van der Waals surface area contributed by atoms with Crippen LogP contribution in [0.5, 0.6) is 0 Å². The zero-order valence-corrected chi connectivity index (χ0v) is 11.2. The molecule has 0 radical (unpaired) electrons. The van der Waals surface area contributed by atoms with Crippen LogP contribution in [-0.2, 0) is 0 Å². The first-order chi connectivity index (χ1) is 8.28. The molecule has 0 spiro atoms. The van der Waals surface area contributed by atoms with Gasteiger partial charge in [-0.05, 0) is 31.0 Å². The van der Waals surface area contributed by atoms with Crippen LogP contribution in [0, 0.1) is 11.8 Å². The molecule has 2 heterocycles. The Hall–Kier alpha value is -0.730. The van der Waals surface area contributed by atoms with Crippen LogP contribution in [0.25, 0.3) is 0 Å². The molecule has 0 saturated carbocycles. The molecule has 0 aromatic carbocycles. The first kappa shape index (κ1) is 12.7. The highest BCUT2D eigenvalue weighted by Gasteiger charge is 2.18. The zero-order chi connectivity index (χ0) is 12.1. The van der Waals surface area contributed by atoms with Crippen molar-refractivity contribution in [3.8, 4) is 11.8 Å². The molecule has 1 N–H and O–H groups in total. The average molecular weight is 268 g/mol. The lowest BCUT2D eigenvalue weighted by Gasteiger charge is -2.29. The Morgan fingerprint density at radius 1 is 1.59 bits per heavy atom. The fraction of sp³-hybridized carbons (Fsp3) is 0.417. The van der Waals surface area contributed by atoms with E-state index in [1.807, 2.05) is 19.1 Å². The van der Waals surface area contributed by atoms with Crippen molar-refractivity contribution in [2.45, 2.75) is 17.9 Å². The largest absolute Gasteiger partial charge is 0.301 e. The van der Waals surface area contributed by atoms with E-state index >= 15 is 0 Å². The Balaban J connectivity index is 1.93. The number of hydrogen-bond acceptors (Lipinski definition) is 4. The summed E-state index contributed by atoms with van der Waals surface area (Å²) in [5, 5.41) is 3.91. The number of rotatable bonds is 2. The van der Waals surface area contributed by atoms with Gasteiger partial charge >= 0.3 is 0 Å². The van der Waals surface area contributed by atoms with Crippen LogP contribution in [0.2, 0.25) is 5.15 Å². The maximum Gasteiger partial charge on any atom is 0.129 e. The van der Waals surface area contributed by atoms with Crippen molar-refractivity contribution in [1.82, 2.24) is 14.6 Å². The summed E-state index contributed by atoms with van der Waals surface area (Å²) in [5.41, 5.74) is 0. The molecule has 1 atom stereocenters. The highest BCUT2D eigenvalue weighted by Crippen LogP contribution is 2.23. The van der Waals surface area contributed by atoms with Crippen molar-refractivity contribution in [2.24, 2.45) is 0 Å². The second kappa shape index (κ2) is 6.27. The quantitative estimate of drug-likeness (QED) is 0.504. The number of nitrogens with one attached hydrogen (secondary N) is 1. The van der Waals surface area contributed by atoms with Gasteiger partial charge in [-0.1, -0.05) is 17.5 Å². The number of hydrogen-bond donors (Lipinski definition) is 1. The second-order valence-electron chi connectivity index (χ2n) is 3.70. The van der Waals surface area contributed by atoms with Gasteiger partial charge in [0, 0.05) is 30.7 Å². The van der Waals surface area contributed by atoms with Crippen molar-refractivity contribution in [3.63, 3.8) is 0 Å². The number of piperazine rings is 1. The van der Waals surface area contributed by atoms with E-state index in [9.17, 15) is 0 Å². The molecule has 17 heavy (non-hydrogen) atoms. The van der Waals surface area contributed by atoms with Gasteiger partial charge < -0.3 is 5.32 Å². The van der Waals surface area contributed by atoms with E-state index in [1.165, 1.54) is 0 Å². The van der Waals surface area contributed by atoms with Crippen LogP contribution in [0.1, 0.15) is 6.92 Å². The number of pyridine rings is 1. The minimum atomic E-state index is 0.265. The standard InChI is InChI=1S/C12H14ClN3S/c1-2-3-10-9-16(7-6-14-10)17-11-4-5-12(13)15-8-11/h4-5,8,10,14H,6-7,9H2,1H3. The lowest BCUT2D eigenvalue weighted by molar-refractivity contribution is 0.360. The predicted molar refractivity (Wildman–Crippen MR) is 71.9 cm³/mol. The van der Waals surface area contributed by atoms with E-state index in [1.54, 1.807) is 18.1 Å². The average Bonchev–Trinajstić information content (AvgIpc) is 2.33. The van der Waals surface area contributed by atoms with E-state index in [0.717, 1.165) is 24.5 Å². The van der Waals surface area contributed by atoms with Gasteiger partial charge in [-0.15, -0.1) is 5.92 Å². The van der Waals surface area contributed by atoms with Gasteiger partial charge in [-0.2, -0.15) is 0 Å². The van der Waals surface area contributed by atoms with Crippen molar-refractivity contribution in [1.29, 1.82) is 0 Å². The Labute approximate surface area is 111 Å². The third kappa shape index (κ3) is 3.90. The minimum Gasteiger partial charge on any atom is -0.301 e. The monoisotopic (exact) mass is 267 g/mol. The second-order valence-corrected chi connectivity index (χ2v) is 5.25. The van der Waals surface area contributed by atoms with Crippen molar-refractivity contribution >= 4 is 23.5 Å². The lowest BCUT2D eigenvalue weighted by Crippen LogP contribution is -2.47. The molecular formula is C12H14ClN3S. The highest BCUT2D eigenvalue weighted by molar-refractivity contribution is 7.97. The molecule has 1 unspecified atom stereocenters. The SMILES string of the molecule is CC#CC1CN(Sc2ccc(Cl)nc2)CCN1. The Bertz CT molecular complexity index is 424. The Morgan fingerprint density at radius 3 is 3.18 bits per heavy atom. The van der Waals surface area contributed by atoms with E-state index < -0.39 is 0 Å². The first-order valence-electron chi connectivity index (χ1n) is 5.48. The van der Waals surface area contributed by atoms with E-state index in [2.05, 4.69) is 26.4 Å². The van der Waals surface area contributed by atoms with E-state index in [-0.39, 0.29) is 6.04 Å². The van der Waals surface area contributed by atoms with Crippen LogP contribution in [0.15, 0.2) is 23.2 Å². The number of aromatic nitrogens is 1. The van der Waals surface area contributed by atoms with Crippen LogP contribution < -0.4 is 5.32 Å². The van der Waals surface area contributed by atoms with Gasteiger partial charge in [0.2, 0.25) is 0 Å². The molecule has 1 fully saturated rings. The number of nitrogens with zero attached hydrogens (tertiary/aromatic N) is 2. The molecule has 2 rings (SSSR count). The fourth-order valence-corrected chi connectivity index (χ4v) is 2.69. The summed E-state index contributed by atoms with van der Waals surface area (Å²) in [6.07, 6.45) is 1.80. The summed E-state index contributed by atoms with van der Waals surface area (Å²) in [6, 6.07) is 4.07. The third-order valence-electron chi connectivity index (χ3n) is 2.39. The maximum absolute atomic E-state index is 5.76. The first-order valence-corrected chi connectivity index (χ1v) is 6.63. The van der Waals surface area contributed by atoms with Gasteiger partial charge in [0.1, 0.15) is 5.15 Å². The molecule has 1 aromatic rings. The topological polar surface area (TPSA) is 28.2 Å². The summed E-state index contributed by atoms with van der Waals surface area (Å²) in [5.74, 6) is 6.11. The summed E-state index contributed by atoms with van der Waals surface area (Å²) < 4.78 is 2.30. The maximum atomic E-state index is 5.76. The Morgan fingerprint density at radius 2 is 2.47 bits per heavy atom. The summed E-state index contributed by atoms with van der Waals surface area (Å²) in [4.78, 5) is 5.18. The van der Waals surface area contributed by atoms with E-state index in [0.29, 0.717) is 5.15 Å². The van der Waals surface area contributed by atoms with Crippen molar-refractivity contribution in [2.75, 3.05) is 19.6 Å². The third-order valence-corrected chi connectivity index (χ3v) is 3.66. The molecule has 5 heteroatoms. The molecule has 1 aliphatic rings. The summed E-state index contributed by atoms with van der Waals surface area (Å²) in [7, 11) is 0. The molecule has 3 nitrogen and oxygen atoms in total. The van der Waals surface area contributed by atoms with E-state index in [4.69, 9.17) is 11.6 Å². The zero-order valence-electron chi connectivity index (χ0n) is 9.61. The Kier molecular flexibility index (Phi) is 4.69. The van der Waals surface area contributed by atoms with Crippen LogP contribution in [0.4, 0.5) is 0 Å². The molecule has 0 bridgehead atoms. The lowest BCUT2D eigenvalue weighted by atomic mass is 10.2. The molecule has 1 aromatic heterocycles. The van der Waals surface area contributed by atoms with Crippen LogP contribution >= 0.6 is 23.5 Å². The smallest absolute Gasteiger partial charge is 0.129 e. The van der Waals surface area contributed by atoms with Crippen LogP contribution in [0.3, 0.4) is 0 Å². The molecular weight excluding hydrogens is 254 g/mol. The normalized spacial score (nSPS) is 20.7. The molecule has 0 aliphatic carbocycles. The van der Waals surface area contributed by atoms with Gasteiger partial charge in [-0.3, -0.25) is 0 Å². The van der Waals surface area contributed by atoms with Gasteiger partial charge in [0.25, 0.3) is 0 Å². The molecule has 0 amide bonds. The van der Waals surface area contributed by atoms with Gasteiger partial charge in [0.15, 0.2) is 0 Å². The predicted octanol–water partition coefficient (Wildman–Crippen LogP) is 2.04. The molecule has 1 aliphatic heterocycles.